The first-order chi connectivity index (χ1) is 13.1. The van der Waals surface area contributed by atoms with Gasteiger partial charge >= 0.3 is 0 Å². The summed E-state index contributed by atoms with van der Waals surface area (Å²) in [5.41, 5.74) is 1.95. The van der Waals surface area contributed by atoms with Crippen LogP contribution in [-0.4, -0.2) is 46.1 Å². The Morgan fingerprint density at radius 3 is 2.75 bits per heavy atom. The lowest BCUT2D eigenvalue weighted by Crippen LogP contribution is -2.39. The van der Waals surface area contributed by atoms with E-state index >= 15 is 0 Å². The van der Waals surface area contributed by atoms with Crippen LogP contribution in [0.4, 0.5) is 0 Å². The van der Waals surface area contributed by atoms with Gasteiger partial charge in [0.2, 0.25) is 0 Å². The molecule has 150 valence electrons. The smallest absolute Gasteiger partial charge is 0.193 e. The molecular weight excluding hydrogens is 510 g/mol. The van der Waals surface area contributed by atoms with E-state index in [1.54, 1.807) is 7.05 Å². The monoisotopic (exact) mass is 532 g/mol. The summed E-state index contributed by atoms with van der Waals surface area (Å²) in [5.74, 6) is 1.79. The van der Waals surface area contributed by atoms with E-state index in [-0.39, 0.29) is 24.0 Å². The van der Waals surface area contributed by atoms with Gasteiger partial charge in [-0.3, -0.25) is 9.39 Å². The van der Waals surface area contributed by atoms with Crippen LogP contribution in [-0.2, 0) is 13.0 Å². The standard InChI is InChI=1S/C19H22Cl2N6.HI/c1-22-19(26(2)13-14-8-9-15(20)16(21)12-14)23-10-5-7-18-25-24-17-6-3-4-11-27(17)18;/h3-4,6,8-9,11-12H,5,7,10,13H2,1-2H3,(H,22,23);1H. The Morgan fingerprint density at radius 2 is 2.00 bits per heavy atom. The third-order valence-electron chi connectivity index (χ3n) is 4.22. The van der Waals surface area contributed by atoms with Crippen LogP contribution in [0.1, 0.15) is 17.8 Å². The fraction of sp³-hybridized carbons (Fsp3) is 0.316. The molecule has 3 aromatic rings. The van der Waals surface area contributed by atoms with Crippen molar-refractivity contribution in [3.05, 3.63) is 64.0 Å². The van der Waals surface area contributed by atoms with Gasteiger partial charge in [-0.1, -0.05) is 35.3 Å². The number of fused-ring (bicyclic) bond motifs is 1. The number of rotatable bonds is 6. The predicted molar refractivity (Wildman–Crippen MR) is 126 cm³/mol. The molecular formula is C19H23Cl2IN6. The average Bonchev–Trinajstić information content (AvgIpc) is 3.08. The summed E-state index contributed by atoms with van der Waals surface area (Å²) in [6.07, 6.45) is 3.75. The fourth-order valence-corrected chi connectivity index (χ4v) is 3.20. The molecule has 2 aromatic heterocycles. The first-order valence-electron chi connectivity index (χ1n) is 8.73. The highest BCUT2D eigenvalue weighted by atomic mass is 127. The van der Waals surface area contributed by atoms with Gasteiger partial charge in [0.25, 0.3) is 0 Å². The molecule has 0 aliphatic carbocycles. The van der Waals surface area contributed by atoms with E-state index in [1.165, 1.54) is 0 Å². The van der Waals surface area contributed by atoms with Crippen molar-refractivity contribution in [2.24, 2.45) is 4.99 Å². The van der Waals surface area contributed by atoms with E-state index in [4.69, 9.17) is 23.2 Å². The minimum absolute atomic E-state index is 0. The molecule has 0 radical (unpaired) electrons. The Hall–Kier alpha value is -1.58. The number of nitrogens with one attached hydrogen (secondary N) is 1. The highest BCUT2D eigenvalue weighted by Crippen LogP contribution is 2.23. The molecule has 0 spiro atoms. The number of aryl methyl sites for hydroxylation is 1. The summed E-state index contributed by atoms with van der Waals surface area (Å²) < 4.78 is 2.02. The number of aliphatic imine (C=N–C) groups is 1. The van der Waals surface area contributed by atoms with Crippen molar-refractivity contribution >= 4 is 58.8 Å². The highest BCUT2D eigenvalue weighted by molar-refractivity contribution is 14.0. The summed E-state index contributed by atoms with van der Waals surface area (Å²) in [4.78, 5) is 6.40. The molecule has 0 amide bonds. The summed E-state index contributed by atoms with van der Waals surface area (Å²) in [6.45, 7) is 1.48. The van der Waals surface area contributed by atoms with Crippen LogP contribution in [0.15, 0.2) is 47.6 Å². The molecule has 0 aliphatic rings. The average molecular weight is 533 g/mol. The van der Waals surface area contributed by atoms with Crippen molar-refractivity contribution < 1.29 is 0 Å². The second-order valence-electron chi connectivity index (χ2n) is 6.23. The van der Waals surface area contributed by atoms with Gasteiger partial charge in [-0.25, -0.2) is 0 Å². The zero-order valence-electron chi connectivity index (χ0n) is 15.8. The van der Waals surface area contributed by atoms with Crippen molar-refractivity contribution in [3.8, 4) is 0 Å². The summed E-state index contributed by atoms with van der Waals surface area (Å²) in [7, 11) is 3.77. The first-order valence-corrected chi connectivity index (χ1v) is 9.48. The van der Waals surface area contributed by atoms with Crippen LogP contribution < -0.4 is 5.32 Å². The maximum atomic E-state index is 6.09. The lowest BCUT2D eigenvalue weighted by atomic mass is 10.2. The highest BCUT2D eigenvalue weighted by Gasteiger charge is 2.09. The summed E-state index contributed by atoms with van der Waals surface area (Å²) >= 11 is 12.1. The van der Waals surface area contributed by atoms with Gasteiger partial charge in [-0.05, 0) is 36.2 Å². The number of hydrogen-bond acceptors (Lipinski definition) is 3. The normalized spacial score (nSPS) is 11.4. The topological polar surface area (TPSA) is 57.8 Å². The summed E-state index contributed by atoms with van der Waals surface area (Å²) in [6, 6.07) is 11.6. The number of pyridine rings is 1. The minimum atomic E-state index is 0. The summed E-state index contributed by atoms with van der Waals surface area (Å²) in [5, 5.41) is 12.9. The van der Waals surface area contributed by atoms with E-state index in [1.807, 2.05) is 58.9 Å². The van der Waals surface area contributed by atoms with Crippen LogP contribution in [0.5, 0.6) is 0 Å². The van der Waals surface area contributed by atoms with E-state index in [0.717, 1.165) is 42.4 Å². The van der Waals surface area contributed by atoms with Crippen molar-refractivity contribution in [1.82, 2.24) is 24.8 Å². The second kappa shape index (κ2) is 10.8. The van der Waals surface area contributed by atoms with E-state index in [2.05, 4.69) is 20.5 Å². The number of hydrogen-bond donors (Lipinski definition) is 1. The molecule has 0 saturated carbocycles. The van der Waals surface area contributed by atoms with Gasteiger partial charge in [-0.15, -0.1) is 34.2 Å². The van der Waals surface area contributed by atoms with Gasteiger partial charge in [0, 0.05) is 39.8 Å². The van der Waals surface area contributed by atoms with Crippen LogP contribution in [0.2, 0.25) is 10.0 Å². The molecule has 28 heavy (non-hydrogen) atoms. The molecule has 1 aromatic carbocycles. The van der Waals surface area contributed by atoms with Gasteiger partial charge in [0.05, 0.1) is 10.0 Å². The molecule has 2 heterocycles. The van der Waals surface area contributed by atoms with Crippen molar-refractivity contribution in [1.29, 1.82) is 0 Å². The second-order valence-corrected chi connectivity index (χ2v) is 7.04. The molecule has 9 heteroatoms. The quantitative estimate of drug-likeness (QED) is 0.223. The molecule has 6 nitrogen and oxygen atoms in total. The van der Waals surface area contributed by atoms with E-state index in [0.29, 0.717) is 16.6 Å². The Morgan fingerprint density at radius 1 is 1.18 bits per heavy atom. The zero-order chi connectivity index (χ0) is 19.2. The maximum Gasteiger partial charge on any atom is 0.193 e. The van der Waals surface area contributed by atoms with Crippen molar-refractivity contribution in [3.63, 3.8) is 0 Å². The van der Waals surface area contributed by atoms with Crippen LogP contribution >= 0.6 is 47.2 Å². The molecule has 0 atom stereocenters. The van der Waals surface area contributed by atoms with Gasteiger partial charge in [0.1, 0.15) is 5.82 Å². The number of benzene rings is 1. The molecule has 3 rings (SSSR count). The third-order valence-corrected chi connectivity index (χ3v) is 4.96. The van der Waals surface area contributed by atoms with Crippen LogP contribution in [0.25, 0.3) is 5.65 Å². The van der Waals surface area contributed by atoms with Gasteiger partial charge in [-0.2, -0.15) is 0 Å². The third kappa shape index (κ3) is 5.71. The molecule has 1 N–H and O–H groups in total. The Bertz CT molecular complexity index is 943. The van der Waals surface area contributed by atoms with Crippen LogP contribution in [0.3, 0.4) is 0 Å². The number of halogens is 3. The van der Waals surface area contributed by atoms with Crippen LogP contribution in [0, 0.1) is 0 Å². The fourth-order valence-electron chi connectivity index (χ4n) is 2.88. The van der Waals surface area contributed by atoms with Gasteiger partial charge < -0.3 is 10.2 Å². The lowest BCUT2D eigenvalue weighted by molar-refractivity contribution is 0.475. The minimum Gasteiger partial charge on any atom is -0.356 e. The zero-order valence-corrected chi connectivity index (χ0v) is 19.6. The molecule has 0 fully saturated rings. The first kappa shape index (κ1) is 22.7. The van der Waals surface area contributed by atoms with Crippen molar-refractivity contribution in [2.75, 3.05) is 20.6 Å². The van der Waals surface area contributed by atoms with E-state index < -0.39 is 0 Å². The number of nitrogens with zero attached hydrogens (tertiary/aromatic N) is 5. The number of aromatic nitrogens is 3. The maximum absolute atomic E-state index is 6.09. The van der Waals surface area contributed by atoms with Gasteiger partial charge in [0.15, 0.2) is 11.6 Å². The predicted octanol–water partition coefficient (Wildman–Crippen LogP) is 4.29. The lowest BCUT2D eigenvalue weighted by Gasteiger charge is -2.22. The Balaban J connectivity index is 0.00000280. The van der Waals surface area contributed by atoms with Crippen molar-refractivity contribution in [2.45, 2.75) is 19.4 Å². The molecule has 0 aliphatic heterocycles. The molecule has 0 saturated heterocycles. The number of guanidine groups is 1. The Labute approximate surface area is 192 Å². The largest absolute Gasteiger partial charge is 0.356 e. The Kier molecular flexibility index (Phi) is 8.78. The molecule has 0 unspecified atom stereocenters. The SMILES string of the molecule is CN=C(NCCCc1nnc2ccccn12)N(C)Cc1ccc(Cl)c(Cl)c1.I. The molecule has 0 bridgehead atoms. The van der Waals surface area contributed by atoms with E-state index in [9.17, 15) is 0 Å².